The molecule has 0 saturated heterocycles. The fourth-order valence-electron chi connectivity index (χ4n) is 2.71. The maximum atomic E-state index is 12.3. The van der Waals surface area contributed by atoms with Crippen molar-refractivity contribution in [3.8, 4) is 17.2 Å². The molecular formula is C21H27NO4. The van der Waals surface area contributed by atoms with Gasteiger partial charge in [0.15, 0.2) is 11.5 Å². The molecule has 0 radical (unpaired) electrons. The maximum Gasteiger partial charge on any atom is 0.220 e. The van der Waals surface area contributed by atoms with Crippen LogP contribution in [0.1, 0.15) is 37.4 Å². The molecule has 0 unspecified atom stereocenters. The van der Waals surface area contributed by atoms with Gasteiger partial charge >= 0.3 is 0 Å². The van der Waals surface area contributed by atoms with Crippen molar-refractivity contribution in [3.63, 3.8) is 0 Å². The smallest absolute Gasteiger partial charge is 0.220 e. The van der Waals surface area contributed by atoms with Crippen molar-refractivity contribution in [1.82, 2.24) is 5.32 Å². The Balaban J connectivity index is 1.88. The lowest BCUT2D eigenvalue weighted by atomic mass is 10.1. The number of amides is 1. The summed E-state index contributed by atoms with van der Waals surface area (Å²) < 4.78 is 16.0. The minimum absolute atomic E-state index is 0.0150. The van der Waals surface area contributed by atoms with Crippen LogP contribution in [0, 0.1) is 0 Å². The average Bonchev–Trinajstić information content (AvgIpc) is 2.66. The van der Waals surface area contributed by atoms with E-state index in [9.17, 15) is 4.79 Å². The number of aryl methyl sites for hydroxylation is 1. The van der Waals surface area contributed by atoms with Crippen LogP contribution in [0.3, 0.4) is 0 Å². The van der Waals surface area contributed by atoms with Crippen LogP contribution in [0.4, 0.5) is 0 Å². The summed E-state index contributed by atoms with van der Waals surface area (Å²) in [6.45, 7) is 4.57. The van der Waals surface area contributed by atoms with Crippen molar-refractivity contribution in [2.24, 2.45) is 0 Å². The molecule has 0 saturated carbocycles. The van der Waals surface area contributed by atoms with Crippen LogP contribution < -0.4 is 19.5 Å². The van der Waals surface area contributed by atoms with Gasteiger partial charge in [-0.05, 0) is 55.7 Å². The van der Waals surface area contributed by atoms with Crippen LogP contribution >= 0.6 is 0 Å². The van der Waals surface area contributed by atoms with Crippen LogP contribution in [0.15, 0.2) is 42.5 Å². The van der Waals surface area contributed by atoms with Gasteiger partial charge in [-0.15, -0.1) is 0 Å². The van der Waals surface area contributed by atoms with E-state index in [0.29, 0.717) is 30.9 Å². The third-order valence-electron chi connectivity index (χ3n) is 4.16. The molecule has 2 rings (SSSR count). The first-order valence-electron chi connectivity index (χ1n) is 8.80. The Morgan fingerprint density at radius 2 is 1.73 bits per heavy atom. The Morgan fingerprint density at radius 3 is 2.35 bits per heavy atom. The molecule has 0 aromatic heterocycles. The van der Waals surface area contributed by atoms with Gasteiger partial charge in [0.05, 0.1) is 26.9 Å². The molecule has 0 aliphatic rings. The van der Waals surface area contributed by atoms with Crippen molar-refractivity contribution in [2.75, 3.05) is 20.8 Å². The molecule has 5 heteroatoms. The van der Waals surface area contributed by atoms with Gasteiger partial charge in [-0.25, -0.2) is 0 Å². The molecule has 2 aromatic rings. The summed E-state index contributed by atoms with van der Waals surface area (Å²) in [6, 6.07) is 13.5. The Bertz CT molecular complexity index is 712. The summed E-state index contributed by atoms with van der Waals surface area (Å²) in [5.74, 6) is 2.21. The van der Waals surface area contributed by atoms with Crippen molar-refractivity contribution in [1.29, 1.82) is 0 Å². The fraction of sp³-hybridized carbons (Fsp3) is 0.381. The fourth-order valence-corrected chi connectivity index (χ4v) is 2.71. The van der Waals surface area contributed by atoms with Crippen molar-refractivity contribution in [2.45, 2.75) is 32.7 Å². The number of methoxy groups -OCH3 is 2. The van der Waals surface area contributed by atoms with Crippen LogP contribution in [0.5, 0.6) is 17.2 Å². The standard InChI is InChI=1S/C21H27NO4/c1-5-26-18-10-8-17(9-11-18)15(2)22-21(23)13-7-16-6-12-19(24-3)20(14-16)25-4/h6,8-12,14-15H,5,7,13H2,1-4H3,(H,22,23)/t15-/m1/s1. The highest BCUT2D eigenvalue weighted by Crippen LogP contribution is 2.28. The lowest BCUT2D eigenvalue weighted by Crippen LogP contribution is -2.26. The van der Waals surface area contributed by atoms with Crippen LogP contribution in [-0.2, 0) is 11.2 Å². The minimum atomic E-state index is -0.0522. The van der Waals surface area contributed by atoms with Gasteiger partial charge < -0.3 is 19.5 Å². The first-order chi connectivity index (χ1) is 12.6. The second-order valence-electron chi connectivity index (χ2n) is 5.98. The van der Waals surface area contributed by atoms with E-state index in [-0.39, 0.29) is 11.9 Å². The second kappa shape index (κ2) is 9.70. The molecule has 1 atom stereocenters. The molecule has 0 aliphatic carbocycles. The van der Waals surface area contributed by atoms with Gasteiger partial charge in [-0.3, -0.25) is 4.79 Å². The molecule has 2 aromatic carbocycles. The predicted octanol–water partition coefficient (Wildman–Crippen LogP) is 3.91. The quantitative estimate of drug-likeness (QED) is 0.739. The highest BCUT2D eigenvalue weighted by molar-refractivity contribution is 5.76. The maximum absolute atomic E-state index is 12.3. The molecule has 0 spiro atoms. The van der Waals surface area contributed by atoms with E-state index in [0.717, 1.165) is 16.9 Å². The van der Waals surface area contributed by atoms with Gasteiger partial charge in [-0.2, -0.15) is 0 Å². The zero-order valence-corrected chi connectivity index (χ0v) is 15.9. The van der Waals surface area contributed by atoms with E-state index in [2.05, 4.69) is 5.32 Å². The van der Waals surface area contributed by atoms with Crippen molar-refractivity contribution in [3.05, 3.63) is 53.6 Å². The molecular weight excluding hydrogens is 330 g/mol. The van der Waals surface area contributed by atoms with Crippen LogP contribution in [-0.4, -0.2) is 26.7 Å². The summed E-state index contributed by atoms with van der Waals surface area (Å²) in [4.78, 5) is 12.3. The number of nitrogens with one attached hydrogen (secondary N) is 1. The first kappa shape index (κ1) is 19.6. The van der Waals surface area contributed by atoms with E-state index in [1.54, 1.807) is 14.2 Å². The molecule has 0 fully saturated rings. The van der Waals surface area contributed by atoms with E-state index >= 15 is 0 Å². The van der Waals surface area contributed by atoms with Gasteiger partial charge in [0, 0.05) is 6.42 Å². The predicted molar refractivity (Wildman–Crippen MR) is 102 cm³/mol. The lowest BCUT2D eigenvalue weighted by Gasteiger charge is -2.15. The topological polar surface area (TPSA) is 56.8 Å². The summed E-state index contributed by atoms with van der Waals surface area (Å²) in [6.07, 6.45) is 1.05. The third kappa shape index (κ3) is 5.41. The molecule has 26 heavy (non-hydrogen) atoms. The SMILES string of the molecule is CCOc1ccc([C@@H](C)NC(=O)CCc2ccc(OC)c(OC)c2)cc1. The summed E-state index contributed by atoms with van der Waals surface area (Å²) >= 11 is 0. The Hall–Kier alpha value is -2.69. The normalized spacial score (nSPS) is 11.5. The van der Waals surface area contributed by atoms with E-state index < -0.39 is 0 Å². The largest absolute Gasteiger partial charge is 0.494 e. The monoisotopic (exact) mass is 357 g/mol. The summed E-state index contributed by atoms with van der Waals surface area (Å²) in [5.41, 5.74) is 2.08. The van der Waals surface area contributed by atoms with Crippen molar-refractivity contribution >= 4 is 5.91 Å². The Labute approximate surface area is 155 Å². The zero-order valence-electron chi connectivity index (χ0n) is 15.9. The zero-order chi connectivity index (χ0) is 18.9. The van der Waals surface area contributed by atoms with E-state index in [1.807, 2.05) is 56.3 Å². The molecule has 140 valence electrons. The number of carbonyl (C=O) groups excluding carboxylic acids is 1. The molecule has 0 aliphatic heterocycles. The van der Waals surface area contributed by atoms with Gasteiger partial charge in [0.2, 0.25) is 5.91 Å². The number of benzene rings is 2. The van der Waals surface area contributed by atoms with E-state index in [1.165, 1.54) is 0 Å². The van der Waals surface area contributed by atoms with Gasteiger partial charge in [-0.1, -0.05) is 18.2 Å². The third-order valence-corrected chi connectivity index (χ3v) is 4.16. The lowest BCUT2D eigenvalue weighted by molar-refractivity contribution is -0.121. The highest BCUT2D eigenvalue weighted by Gasteiger charge is 2.11. The number of hydrogen-bond acceptors (Lipinski definition) is 4. The van der Waals surface area contributed by atoms with Gasteiger partial charge in [0.25, 0.3) is 0 Å². The number of ether oxygens (including phenoxy) is 3. The first-order valence-corrected chi connectivity index (χ1v) is 8.80. The van der Waals surface area contributed by atoms with Crippen molar-refractivity contribution < 1.29 is 19.0 Å². The van der Waals surface area contributed by atoms with Gasteiger partial charge in [0.1, 0.15) is 5.75 Å². The van der Waals surface area contributed by atoms with E-state index in [4.69, 9.17) is 14.2 Å². The molecule has 0 bridgehead atoms. The Morgan fingerprint density at radius 1 is 1.04 bits per heavy atom. The molecule has 5 nitrogen and oxygen atoms in total. The Kier molecular flexibility index (Phi) is 7.33. The molecule has 1 amide bonds. The molecule has 1 N–H and O–H groups in total. The number of carbonyl (C=O) groups is 1. The van der Waals surface area contributed by atoms with Crippen LogP contribution in [0.2, 0.25) is 0 Å². The number of hydrogen-bond donors (Lipinski definition) is 1. The summed E-state index contributed by atoms with van der Waals surface area (Å²) in [7, 11) is 3.21. The highest BCUT2D eigenvalue weighted by atomic mass is 16.5. The minimum Gasteiger partial charge on any atom is -0.494 e. The van der Waals surface area contributed by atoms with Crippen LogP contribution in [0.25, 0.3) is 0 Å². The number of rotatable bonds is 9. The second-order valence-corrected chi connectivity index (χ2v) is 5.98. The average molecular weight is 357 g/mol. The molecule has 0 heterocycles. The summed E-state index contributed by atoms with van der Waals surface area (Å²) in [5, 5.41) is 3.03.